The second-order valence-corrected chi connectivity index (χ2v) is 6.64. The number of anilines is 2. The van der Waals surface area contributed by atoms with Crippen LogP contribution in [0.1, 0.15) is 23.7 Å². The normalized spacial score (nSPS) is 10.6. The van der Waals surface area contributed by atoms with Crippen LogP contribution in [0.3, 0.4) is 0 Å². The maximum atomic E-state index is 11.2. The molecule has 26 heavy (non-hydrogen) atoms. The fourth-order valence-corrected chi connectivity index (χ4v) is 3.35. The van der Waals surface area contributed by atoms with E-state index in [-0.39, 0.29) is 6.42 Å². The lowest BCUT2D eigenvalue weighted by Gasteiger charge is -2.14. The van der Waals surface area contributed by atoms with Gasteiger partial charge in [-0.3, -0.25) is 10.0 Å². The Kier molecular flexibility index (Phi) is 5.60. The van der Waals surface area contributed by atoms with Crippen LogP contribution < -0.4 is 10.8 Å². The molecule has 7 heteroatoms. The number of aromatic nitrogens is 2. The number of benzene rings is 1. The van der Waals surface area contributed by atoms with Crippen LogP contribution in [0.15, 0.2) is 41.1 Å². The molecule has 0 fully saturated rings. The smallest absolute Gasteiger partial charge is 0.247 e. The summed E-state index contributed by atoms with van der Waals surface area (Å²) in [6.07, 6.45) is 0.957. The highest BCUT2D eigenvalue weighted by atomic mass is 32.1. The third kappa shape index (κ3) is 4.07. The minimum absolute atomic E-state index is 0.131. The Morgan fingerprint density at radius 3 is 2.58 bits per heavy atom. The highest BCUT2D eigenvalue weighted by Crippen LogP contribution is 2.26. The van der Waals surface area contributed by atoms with Crippen molar-refractivity contribution >= 4 is 28.7 Å². The van der Waals surface area contributed by atoms with Crippen molar-refractivity contribution in [1.82, 2.24) is 15.4 Å². The van der Waals surface area contributed by atoms with Gasteiger partial charge in [-0.2, -0.15) is 11.3 Å². The molecule has 0 atom stereocenters. The first-order chi connectivity index (χ1) is 12.6. The molecule has 1 aromatic carbocycles. The van der Waals surface area contributed by atoms with Gasteiger partial charge in [0.25, 0.3) is 0 Å². The molecule has 1 amide bonds. The maximum Gasteiger partial charge on any atom is 0.247 e. The van der Waals surface area contributed by atoms with E-state index < -0.39 is 5.91 Å². The summed E-state index contributed by atoms with van der Waals surface area (Å²) >= 11 is 1.62. The molecule has 3 rings (SSSR count). The van der Waals surface area contributed by atoms with Gasteiger partial charge in [0.05, 0.1) is 6.42 Å². The van der Waals surface area contributed by atoms with Gasteiger partial charge in [0.15, 0.2) is 5.82 Å². The van der Waals surface area contributed by atoms with E-state index in [0.717, 1.165) is 40.3 Å². The highest BCUT2D eigenvalue weighted by molar-refractivity contribution is 7.08. The first kappa shape index (κ1) is 18.0. The fraction of sp³-hybridized carbons (Fsp3) is 0.211. The molecule has 2 heterocycles. The van der Waals surface area contributed by atoms with Crippen molar-refractivity contribution in [1.29, 1.82) is 0 Å². The van der Waals surface area contributed by atoms with E-state index >= 15 is 0 Å². The van der Waals surface area contributed by atoms with Crippen LogP contribution in [0.2, 0.25) is 0 Å². The number of amides is 1. The summed E-state index contributed by atoms with van der Waals surface area (Å²) < 4.78 is 0. The average Bonchev–Trinajstić information content (AvgIpc) is 3.18. The summed E-state index contributed by atoms with van der Waals surface area (Å²) in [7, 11) is 0. The fourth-order valence-electron chi connectivity index (χ4n) is 2.71. The summed E-state index contributed by atoms with van der Waals surface area (Å²) in [5.41, 5.74) is 6.38. The molecule has 0 aliphatic carbocycles. The van der Waals surface area contributed by atoms with E-state index in [1.54, 1.807) is 16.8 Å². The lowest BCUT2D eigenvalue weighted by molar-refractivity contribution is -0.128. The molecular weight excluding hydrogens is 348 g/mol. The highest BCUT2D eigenvalue weighted by Gasteiger charge is 2.12. The van der Waals surface area contributed by atoms with Crippen LogP contribution >= 0.6 is 11.3 Å². The summed E-state index contributed by atoms with van der Waals surface area (Å²) in [4.78, 5) is 20.6. The molecule has 0 unspecified atom stereocenters. The van der Waals surface area contributed by atoms with Gasteiger partial charge in [-0.05, 0) is 42.5 Å². The second-order valence-electron chi connectivity index (χ2n) is 5.86. The van der Waals surface area contributed by atoms with Crippen molar-refractivity contribution in [2.75, 3.05) is 5.32 Å². The number of hydrogen-bond donors (Lipinski definition) is 3. The Hall–Kier alpha value is -2.77. The minimum Gasteiger partial charge on any atom is -0.340 e. The molecule has 0 radical (unpaired) electrons. The maximum absolute atomic E-state index is 11.2. The summed E-state index contributed by atoms with van der Waals surface area (Å²) in [5, 5.41) is 16.0. The third-order valence-electron chi connectivity index (χ3n) is 4.05. The van der Waals surface area contributed by atoms with Gasteiger partial charge in [0, 0.05) is 27.9 Å². The average molecular weight is 368 g/mol. The van der Waals surface area contributed by atoms with Gasteiger partial charge in [0.1, 0.15) is 5.82 Å². The van der Waals surface area contributed by atoms with Crippen molar-refractivity contribution in [2.24, 2.45) is 0 Å². The number of nitrogens with one attached hydrogen (secondary N) is 2. The zero-order valence-electron chi connectivity index (χ0n) is 14.6. The molecule has 2 aromatic heterocycles. The molecule has 0 aliphatic heterocycles. The van der Waals surface area contributed by atoms with Gasteiger partial charge in [-0.25, -0.2) is 15.4 Å². The number of hydroxylamine groups is 1. The number of nitrogens with zero attached hydrogens (tertiary/aromatic N) is 2. The largest absolute Gasteiger partial charge is 0.340 e. The first-order valence-electron chi connectivity index (χ1n) is 8.29. The van der Waals surface area contributed by atoms with Crippen molar-refractivity contribution in [3.05, 3.63) is 57.9 Å². The van der Waals surface area contributed by atoms with Crippen molar-refractivity contribution in [3.63, 3.8) is 0 Å². The van der Waals surface area contributed by atoms with E-state index in [1.807, 2.05) is 48.0 Å². The molecule has 3 N–H and O–H groups in total. The van der Waals surface area contributed by atoms with E-state index in [1.165, 1.54) is 0 Å². The van der Waals surface area contributed by atoms with E-state index in [2.05, 4.69) is 17.2 Å². The number of rotatable bonds is 6. The predicted octanol–water partition coefficient (Wildman–Crippen LogP) is 3.87. The predicted molar refractivity (Wildman–Crippen MR) is 103 cm³/mol. The number of hydrogen-bond acceptors (Lipinski definition) is 6. The van der Waals surface area contributed by atoms with Crippen LogP contribution in [0.25, 0.3) is 11.4 Å². The van der Waals surface area contributed by atoms with Gasteiger partial charge >= 0.3 is 0 Å². The van der Waals surface area contributed by atoms with Crippen molar-refractivity contribution in [3.8, 4) is 11.4 Å². The molecule has 134 valence electrons. The van der Waals surface area contributed by atoms with Gasteiger partial charge in [-0.15, -0.1) is 0 Å². The number of aryl methyl sites for hydroxylation is 1. The Labute approximate surface area is 155 Å². The molecule has 0 saturated carbocycles. The topological polar surface area (TPSA) is 87.1 Å². The quantitative estimate of drug-likeness (QED) is 0.454. The van der Waals surface area contributed by atoms with Gasteiger partial charge in [0.2, 0.25) is 5.91 Å². The Bertz CT molecular complexity index is 893. The molecule has 6 nitrogen and oxygen atoms in total. The van der Waals surface area contributed by atoms with Crippen LogP contribution in [-0.4, -0.2) is 21.1 Å². The van der Waals surface area contributed by atoms with E-state index in [0.29, 0.717) is 5.82 Å². The zero-order chi connectivity index (χ0) is 18.5. The van der Waals surface area contributed by atoms with Crippen LogP contribution in [0.4, 0.5) is 11.5 Å². The van der Waals surface area contributed by atoms with E-state index in [9.17, 15) is 4.79 Å². The molecule has 0 aliphatic rings. The zero-order valence-corrected chi connectivity index (χ0v) is 15.4. The number of carbonyl (C=O) groups is 1. The SMILES string of the molecule is CCc1c(C)nc(-c2ccsc2)nc1Nc1ccc(CC(=O)NO)cc1. The first-order valence-corrected chi connectivity index (χ1v) is 9.24. The summed E-state index contributed by atoms with van der Waals surface area (Å²) in [5.74, 6) is 1.06. The minimum atomic E-state index is -0.439. The third-order valence-corrected chi connectivity index (χ3v) is 4.74. The van der Waals surface area contributed by atoms with Crippen LogP contribution in [0.5, 0.6) is 0 Å². The molecule has 0 spiro atoms. The van der Waals surface area contributed by atoms with Crippen molar-refractivity contribution < 1.29 is 10.0 Å². The van der Waals surface area contributed by atoms with E-state index in [4.69, 9.17) is 10.2 Å². The Morgan fingerprint density at radius 2 is 1.96 bits per heavy atom. The Balaban J connectivity index is 1.87. The summed E-state index contributed by atoms with van der Waals surface area (Å²) in [6.45, 7) is 4.08. The van der Waals surface area contributed by atoms with Gasteiger partial charge in [-0.1, -0.05) is 19.1 Å². The Morgan fingerprint density at radius 1 is 1.19 bits per heavy atom. The second kappa shape index (κ2) is 8.07. The van der Waals surface area contributed by atoms with Crippen molar-refractivity contribution in [2.45, 2.75) is 26.7 Å². The standard InChI is InChI=1S/C19H20N4O2S/c1-3-16-12(2)20-18(14-8-9-26-11-14)22-19(16)21-15-6-4-13(5-7-15)10-17(24)23-25/h4-9,11,25H,3,10H2,1-2H3,(H,23,24)(H,20,21,22). The van der Waals surface area contributed by atoms with Crippen LogP contribution in [-0.2, 0) is 17.6 Å². The van der Waals surface area contributed by atoms with Gasteiger partial charge < -0.3 is 5.32 Å². The molecule has 0 bridgehead atoms. The van der Waals surface area contributed by atoms with Crippen LogP contribution in [0, 0.1) is 6.92 Å². The molecular formula is C19H20N4O2S. The number of carbonyl (C=O) groups excluding carboxylic acids is 1. The lowest BCUT2D eigenvalue weighted by Crippen LogP contribution is -2.20. The lowest BCUT2D eigenvalue weighted by atomic mass is 10.1. The molecule has 0 saturated heterocycles. The number of thiophene rings is 1. The summed E-state index contributed by atoms with van der Waals surface area (Å²) in [6, 6.07) is 9.48. The molecule has 3 aromatic rings. The monoisotopic (exact) mass is 368 g/mol.